The predicted molar refractivity (Wildman–Crippen MR) is 68.8 cm³/mol. The first-order valence-electron chi connectivity index (χ1n) is 5.24. The third-order valence-electron chi connectivity index (χ3n) is 2.05. The van der Waals surface area contributed by atoms with Gasteiger partial charge in [-0.1, -0.05) is 13.0 Å². The summed E-state index contributed by atoms with van der Waals surface area (Å²) in [5.74, 6) is -0.737. The van der Waals surface area contributed by atoms with Crippen LogP contribution >= 0.6 is 15.9 Å². The van der Waals surface area contributed by atoms with Crippen LogP contribution in [0.2, 0.25) is 0 Å². The van der Waals surface area contributed by atoms with E-state index < -0.39 is 0 Å². The van der Waals surface area contributed by atoms with E-state index in [9.17, 15) is 9.59 Å². The Bertz CT molecular complexity index is 432. The second-order valence-corrected chi connectivity index (χ2v) is 4.40. The van der Waals surface area contributed by atoms with Crippen molar-refractivity contribution in [3.05, 3.63) is 28.2 Å². The number of benzene rings is 1. The Morgan fingerprint density at radius 3 is 2.71 bits per heavy atom. The quantitative estimate of drug-likeness (QED) is 0.870. The van der Waals surface area contributed by atoms with Crippen LogP contribution in [0.15, 0.2) is 22.7 Å². The molecule has 0 radical (unpaired) electrons. The van der Waals surface area contributed by atoms with Gasteiger partial charge in [0.15, 0.2) is 6.61 Å². The van der Waals surface area contributed by atoms with Crippen molar-refractivity contribution in [1.82, 2.24) is 0 Å². The summed E-state index contributed by atoms with van der Waals surface area (Å²) in [6.45, 7) is 3.38. The lowest BCUT2D eigenvalue weighted by Crippen LogP contribution is -2.20. The monoisotopic (exact) mass is 299 g/mol. The molecule has 0 heterocycles. The fourth-order valence-corrected chi connectivity index (χ4v) is 1.75. The zero-order valence-corrected chi connectivity index (χ0v) is 11.3. The number of carbonyl (C=O) groups excluding carboxylic acids is 2. The van der Waals surface area contributed by atoms with Crippen LogP contribution in [0.4, 0.5) is 5.69 Å². The number of halogens is 1. The molecule has 0 bridgehead atoms. The smallest absolute Gasteiger partial charge is 0.306 e. The van der Waals surface area contributed by atoms with Crippen LogP contribution in [0.25, 0.3) is 0 Å². The lowest BCUT2D eigenvalue weighted by Gasteiger charge is -2.08. The zero-order valence-electron chi connectivity index (χ0n) is 9.75. The van der Waals surface area contributed by atoms with Gasteiger partial charge in [0, 0.05) is 10.9 Å². The van der Waals surface area contributed by atoms with Gasteiger partial charge in [-0.05, 0) is 40.5 Å². The van der Waals surface area contributed by atoms with Crippen LogP contribution in [-0.4, -0.2) is 18.5 Å². The number of aryl methyl sites for hydroxylation is 1. The molecule has 1 N–H and O–H groups in total. The normalized spacial score (nSPS) is 9.82. The van der Waals surface area contributed by atoms with Crippen LogP contribution in [0.5, 0.6) is 0 Å². The molecule has 0 unspecified atom stereocenters. The minimum atomic E-state index is -0.386. The highest BCUT2D eigenvalue weighted by Gasteiger charge is 2.08. The Kier molecular flexibility index (Phi) is 5.15. The molecule has 1 aromatic carbocycles. The first-order valence-corrected chi connectivity index (χ1v) is 6.04. The maximum atomic E-state index is 11.5. The van der Waals surface area contributed by atoms with E-state index >= 15 is 0 Å². The van der Waals surface area contributed by atoms with Crippen LogP contribution in [0.3, 0.4) is 0 Å². The van der Waals surface area contributed by atoms with Gasteiger partial charge >= 0.3 is 5.97 Å². The Balaban J connectivity index is 2.53. The predicted octanol–water partition coefficient (Wildman–Crippen LogP) is 2.65. The molecule has 1 amide bonds. The summed E-state index contributed by atoms with van der Waals surface area (Å²) in [6, 6.07) is 5.57. The Labute approximate surface area is 108 Å². The largest absolute Gasteiger partial charge is 0.456 e. The summed E-state index contributed by atoms with van der Waals surface area (Å²) in [6.07, 6.45) is 0.265. The van der Waals surface area contributed by atoms with Gasteiger partial charge in [0.1, 0.15) is 0 Å². The van der Waals surface area contributed by atoms with Gasteiger partial charge in [0.2, 0.25) is 0 Å². The van der Waals surface area contributed by atoms with Gasteiger partial charge in [-0.15, -0.1) is 0 Å². The number of ether oxygens (including phenoxy) is 1. The van der Waals surface area contributed by atoms with Crippen molar-refractivity contribution in [3.8, 4) is 0 Å². The Morgan fingerprint density at radius 1 is 1.41 bits per heavy atom. The lowest BCUT2D eigenvalue weighted by molar-refractivity contribution is -0.146. The van der Waals surface area contributed by atoms with Gasteiger partial charge < -0.3 is 10.1 Å². The van der Waals surface area contributed by atoms with E-state index in [1.807, 2.05) is 19.1 Å². The number of nitrogens with one attached hydrogen (secondary N) is 1. The van der Waals surface area contributed by atoms with Crippen LogP contribution < -0.4 is 5.32 Å². The molecule has 0 aliphatic rings. The second-order valence-electron chi connectivity index (χ2n) is 3.55. The van der Waals surface area contributed by atoms with Crippen molar-refractivity contribution in [1.29, 1.82) is 0 Å². The Morgan fingerprint density at radius 2 is 2.12 bits per heavy atom. The number of rotatable bonds is 4. The SMILES string of the molecule is CCC(=O)OCC(=O)Nc1ccc(C)cc1Br. The summed E-state index contributed by atoms with van der Waals surface area (Å²) in [4.78, 5) is 22.3. The van der Waals surface area contributed by atoms with E-state index in [0.29, 0.717) is 5.69 Å². The van der Waals surface area contributed by atoms with Crippen molar-refractivity contribution in [3.63, 3.8) is 0 Å². The highest BCUT2D eigenvalue weighted by molar-refractivity contribution is 9.10. The van der Waals surface area contributed by atoms with Gasteiger partial charge in [-0.3, -0.25) is 9.59 Å². The summed E-state index contributed by atoms with van der Waals surface area (Å²) >= 11 is 3.35. The van der Waals surface area contributed by atoms with E-state index in [-0.39, 0.29) is 24.9 Å². The van der Waals surface area contributed by atoms with Crippen molar-refractivity contribution < 1.29 is 14.3 Å². The van der Waals surface area contributed by atoms with Gasteiger partial charge in [-0.25, -0.2) is 0 Å². The molecule has 92 valence electrons. The van der Waals surface area contributed by atoms with Crippen LogP contribution in [-0.2, 0) is 14.3 Å². The average molecular weight is 300 g/mol. The molecule has 0 aliphatic carbocycles. The second kappa shape index (κ2) is 6.39. The van der Waals surface area contributed by atoms with E-state index in [0.717, 1.165) is 10.0 Å². The summed E-state index contributed by atoms with van der Waals surface area (Å²) < 4.78 is 5.52. The van der Waals surface area contributed by atoms with Crippen molar-refractivity contribution in [2.24, 2.45) is 0 Å². The third kappa shape index (κ3) is 4.56. The van der Waals surface area contributed by atoms with Gasteiger partial charge in [0.25, 0.3) is 5.91 Å². The highest BCUT2D eigenvalue weighted by Crippen LogP contribution is 2.23. The molecule has 17 heavy (non-hydrogen) atoms. The first kappa shape index (κ1) is 13.7. The van der Waals surface area contributed by atoms with Gasteiger partial charge in [0.05, 0.1) is 5.69 Å². The number of hydrogen-bond acceptors (Lipinski definition) is 3. The molecule has 5 heteroatoms. The molecule has 1 aromatic rings. The zero-order chi connectivity index (χ0) is 12.8. The fourth-order valence-electron chi connectivity index (χ4n) is 1.16. The number of amides is 1. The van der Waals surface area contributed by atoms with Crippen molar-refractivity contribution in [2.45, 2.75) is 20.3 Å². The van der Waals surface area contributed by atoms with E-state index in [4.69, 9.17) is 4.74 Å². The summed E-state index contributed by atoms with van der Waals surface area (Å²) in [7, 11) is 0. The summed E-state index contributed by atoms with van der Waals surface area (Å²) in [5.41, 5.74) is 1.75. The first-order chi connectivity index (χ1) is 8.02. The minimum absolute atomic E-state index is 0.257. The molecule has 0 saturated carbocycles. The molecule has 0 fully saturated rings. The van der Waals surface area contributed by atoms with E-state index in [2.05, 4.69) is 21.2 Å². The maximum Gasteiger partial charge on any atom is 0.306 e. The molecular weight excluding hydrogens is 286 g/mol. The molecule has 4 nitrogen and oxygen atoms in total. The van der Waals surface area contributed by atoms with Crippen molar-refractivity contribution in [2.75, 3.05) is 11.9 Å². The van der Waals surface area contributed by atoms with E-state index in [1.165, 1.54) is 0 Å². The standard InChI is InChI=1S/C12H14BrNO3/c1-3-12(16)17-7-11(15)14-10-5-4-8(2)6-9(10)13/h4-6H,3,7H2,1-2H3,(H,14,15). The molecular formula is C12H14BrNO3. The number of anilines is 1. The molecule has 0 aliphatic heterocycles. The average Bonchev–Trinajstić information content (AvgIpc) is 2.29. The Hall–Kier alpha value is -1.36. The molecule has 0 spiro atoms. The van der Waals surface area contributed by atoms with E-state index in [1.54, 1.807) is 13.0 Å². The third-order valence-corrected chi connectivity index (χ3v) is 2.71. The summed E-state index contributed by atoms with van der Waals surface area (Å²) in [5, 5.41) is 2.65. The van der Waals surface area contributed by atoms with Crippen LogP contribution in [0.1, 0.15) is 18.9 Å². The van der Waals surface area contributed by atoms with Crippen molar-refractivity contribution >= 4 is 33.5 Å². The number of carbonyl (C=O) groups is 2. The highest BCUT2D eigenvalue weighted by atomic mass is 79.9. The topological polar surface area (TPSA) is 55.4 Å². The molecule has 0 saturated heterocycles. The number of hydrogen-bond donors (Lipinski definition) is 1. The molecule has 0 aromatic heterocycles. The number of esters is 1. The lowest BCUT2D eigenvalue weighted by atomic mass is 10.2. The van der Waals surface area contributed by atoms with Gasteiger partial charge in [-0.2, -0.15) is 0 Å². The fraction of sp³-hybridized carbons (Fsp3) is 0.333. The maximum absolute atomic E-state index is 11.5. The molecule has 0 atom stereocenters. The van der Waals surface area contributed by atoms with Crippen LogP contribution in [0, 0.1) is 6.92 Å². The molecule has 1 rings (SSSR count). The minimum Gasteiger partial charge on any atom is -0.456 e.